The molecule has 0 unspecified atom stereocenters. The summed E-state index contributed by atoms with van der Waals surface area (Å²) in [6, 6.07) is 6.12. The molecule has 0 radical (unpaired) electrons. The molecule has 0 spiro atoms. The summed E-state index contributed by atoms with van der Waals surface area (Å²) in [4.78, 5) is 46.6. The quantitative estimate of drug-likeness (QED) is 0.151. The molecule has 1 aliphatic heterocycles. The van der Waals surface area contributed by atoms with Crippen molar-refractivity contribution in [3.63, 3.8) is 0 Å². The van der Waals surface area contributed by atoms with Gasteiger partial charge in [-0.15, -0.1) is 17.8 Å². The van der Waals surface area contributed by atoms with Crippen LogP contribution in [0.5, 0.6) is 0 Å². The van der Waals surface area contributed by atoms with E-state index >= 15 is 0 Å². The molecule has 258 valence electrons. The number of nitrogens with one attached hydrogen (secondary N) is 2. The third kappa shape index (κ3) is 12.6. The monoisotopic (exact) mass is 672 g/mol. The molecule has 3 atom stereocenters. The largest absolute Gasteiger partial charge is 0.391 e. The predicted molar refractivity (Wildman–Crippen MR) is 178 cm³/mol. The number of aryl methyl sites for hydroxylation is 1. The van der Waals surface area contributed by atoms with Crippen LogP contribution in [0.3, 0.4) is 0 Å². The van der Waals surface area contributed by atoms with Gasteiger partial charge >= 0.3 is 0 Å². The molecular weight excluding hydrogens is 624 g/mol. The van der Waals surface area contributed by atoms with Crippen molar-refractivity contribution in [2.24, 2.45) is 5.41 Å². The number of ether oxygens (including phenoxy) is 4. The lowest BCUT2D eigenvalue weighted by Crippen LogP contribution is -2.57. The number of hydrogen-bond acceptors (Lipinski definition) is 10. The molecule has 0 saturated carbocycles. The molecule has 3 N–H and O–H groups in total. The summed E-state index contributed by atoms with van der Waals surface area (Å²) in [5.41, 5.74) is 4.10. The zero-order valence-electron chi connectivity index (χ0n) is 27.8. The van der Waals surface area contributed by atoms with Gasteiger partial charge in [-0.25, -0.2) is 4.98 Å². The maximum atomic E-state index is 13.8. The second-order valence-corrected chi connectivity index (χ2v) is 13.1. The van der Waals surface area contributed by atoms with Gasteiger partial charge in [-0.2, -0.15) is 0 Å². The van der Waals surface area contributed by atoms with E-state index in [-0.39, 0.29) is 51.0 Å². The molecule has 1 aromatic heterocycles. The molecular formula is C34H48N4O8S. The second kappa shape index (κ2) is 19.4. The Hall–Kier alpha value is -3.38. The number of hydrogen-bond donors (Lipinski definition) is 3. The van der Waals surface area contributed by atoms with E-state index < -0.39 is 29.5 Å². The maximum Gasteiger partial charge on any atom is 0.246 e. The normalized spacial score (nSPS) is 16.9. The molecule has 3 rings (SSSR count). The van der Waals surface area contributed by atoms with Crippen LogP contribution in [-0.2, 0) is 39.9 Å². The smallest absolute Gasteiger partial charge is 0.246 e. The average Bonchev–Trinajstić information content (AvgIpc) is 3.65. The summed E-state index contributed by atoms with van der Waals surface area (Å²) in [6.45, 7) is 10.5. The lowest BCUT2D eigenvalue weighted by atomic mass is 9.85. The minimum Gasteiger partial charge on any atom is -0.391 e. The Morgan fingerprint density at radius 3 is 2.23 bits per heavy atom. The van der Waals surface area contributed by atoms with Gasteiger partial charge in [0.15, 0.2) is 0 Å². The number of likely N-dealkylation sites (tertiary alicyclic amines) is 1. The third-order valence-corrected chi connectivity index (χ3v) is 8.46. The first kappa shape index (κ1) is 38.1. The first-order valence-electron chi connectivity index (χ1n) is 15.8. The molecule has 12 nitrogen and oxygen atoms in total. The summed E-state index contributed by atoms with van der Waals surface area (Å²) >= 11 is 1.58. The Kier molecular flexibility index (Phi) is 15.7. The minimum atomic E-state index is -0.904. The molecule has 1 aliphatic rings. The van der Waals surface area contributed by atoms with E-state index in [4.69, 9.17) is 25.4 Å². The Morgan fingerprint density at radius 1 is 1.04 bits per heavy atom. The van der Waals surface area contributed by atoms with Crippen molar-refractivity contribution in [1.29, 1.82) is 0 Å². The van der Waals surface area contributed by atoms with Crippen molar-refractivity contribution in [2.45, 2.75) is 65.3 Å². The van der Waals surface area contributed by atoms with E-state index in [9.17, 15) is 19.5 Å². The van der Waals surface area contributed by atoms with E-state index in [0.29, 0.717) is 39.6 Å². The van der Waals surface area contributed by atoms with E-state index in [0.717, 1.165) is 21.7 Å². The number of thiazole rings is 1. The second-order valence-electron chi connectivity index (χ2n) is 12.3. The Balaban J connectivity index is 1.43. The van der Waals surface area contributed by atoms with Crippen LogP contribution in [0.25, 0.3) is 10.4 Å². The molecule has 1 fully saturated rings. The van der Waals surface area contributed by atoms with Crippen molar-refractivity contribution in [3.05, 3.63) is 41.0 Å². The fourth-order valence-electron chi connectivity index (χ4n) is 4.97. The standard InChI is InChI=1S/C34H48N4O8S/c1-6-12-43-14-16-45-18-19-46-17-15-44-13-11-29(40)37-31(34(3,4)5)33(42)38-22-27(39)20-28(38)32(41)35-21-25-7-9-26(10-8-25)30-24(2)36-23-47-30/h1,7-10,23,27-28,31,39H,11-22H2,2-5H3,(H,35,41)(H,37,40)/t27-,28+,31-/m1/s1. The Morgan fingerprint density at radius 2 is 1.66 bits per heavy atom. The van der Waals surface area contributed by atoms with Crippen LogP contribution in [0.4, 0.5) is 0 Å². The fourth-order valence-corrected chi connectivity index (χ4v) is 5.78. The highest BCUT2D eigenvalue weighted by atomic mass is 32.1. The number of carbonyl (C=O) groups is 3. The van der Waals surface area contributed by atoms with Gasteiger partial charge in [-0.3, -0.25) is 14.4 Å². The van der Waals surface area contributed by atoms with Crippen molar-refractivity contribution in [3.8, 4) is 22.8 Å². The van der Waals surface area contributed by atoms with Gasteiger partial charge in [-0.05, 0) is 23.5 Å². The summed E-state index contributed by atoms with van der Waals surface area (Å²) in [7, 11) is 0. The number of terminal acetylenes is 1. The number of β-amino-alcohol motifs (C(OH)–C–C–N with tert-alkyl or cyclic N) is 1. The topological polar surface area (TPSA) is 149 Å². The fraction of sp³-hybridized carbons (Fsp3) is 0.588. The van der Waals surface area contributed by atoms with Crippen LogP contribution >= 0.6 is 11.3 Å². The highest BCUT2D eigenvalue weighted by Gasteiger charge is 2.44. The Bertz CT molecular complexity index is 1320. The van der Waals surface area contributed by atoms with Crippen LogP contribution in [-0.4, -0.2) is 110 Å². The molecule has 2 aromatic rings. The van der Waals surface area contributed by atoms with Crippen LogP contribution in [0.15, 0.2) is 29.8 Å². The van der Waals surface area contributed by atoms with Crippen LogP contribution in [0.1, 0.15) is 44.9 Å². The zero-order chi connectivity index (χ0) is 34.2. The van der Waals surface area contributed by atoms with Crippen LogP contribution < -0.4 is 10.6 Å². The minimum absolute atomic E-state index is 0.00988. The van der Waals surface area contributed by atoms with Gasteiger partial charge in [-0.1, -0.05) is 51.0 Å². The predicted octanol–water partition coefficient (Wildman–Crippen LogP) is 2.32. The number of aliphatic hydroxyl groups excluding tert-OH is 1. The lowest BCUT2D eigenvalue weighted by molar-refractivity contribution is -0.144. The molecule has 1 aromatic carbocycles. The molecule has 47 heavy (non-hydrogen) atoms. The Labute approximate surface area is 281 Å². The van der Waals surface area contributed by atoms with Gasteiger partial charge in [0.2, 0.25) is 17.7 Å². The molecule has 13 heteroatoms. The van der Waals surface area contributed by atoms with E-state index in [1.54, 1.807) is 11.3 Å². The summed E-state index contributed by atoms with van der Waals surface area (Å²) < 4.78 is 21.4. The summed E-state index contributed by atoms with van der Waals surface area (Å²) in [6.07, 6.45) is 4.42. The highest BCUT2D eigenvalue weighted by Crippen LogP contribution is 2.28. The zero-order valence-corrected chi connectivity index (χ0v) is 28.6. The molecule has 0 aliphatic carbocycles. The van der Waals surface area contributed by atoms with E-state index in [1.165, 1.54) is 4.90 Å². The number of carbonyl (C=O) groups excluding carboxylic acids is 3. The van der Waals surface area contributed by atoms with Crippen LogP contribution in [0, 0.1) is 24.7 Å². The number of rotatable bonds is 19. The van der Waals surface area contributed by atoms with Gasteiger partial charge < -0.3 is 39.6 Å². The first-order chi connectivity index (χ1) is 22.5. The molecule has 1 saturated heterocycles. The van der Waals surface area contributed by atoms with E-state index in [1.807, 2.05) is 57.5 Å². The number of aliphatic hydroxyl groups is 1. The molecule has 3 amide bonds. The molecule has 2 heterocycles. The number of aromatic nitrogens is 1. The molecule has 0 bridgehead atoms. The lowest BCUT2D eigenvalue weighted by Gasteiger charge is -2.35. The van der Waals surface area contributed by atoms with Crippen molar-refractivity contribution in [1.82, 2.24) is 20.5 Å². The average molecular weight is 673 g/mol. The summed E-state index contributed by atoms with van der Waals surface area (Å²) in [5.74, 6) is 1.27. The maximum absolute atomic E-state index is 13.8. The first-order valence-corrected chi connectivity index (χ1v) is 16.7. The SMILES string of the molecule is C#CCOCCOCCOCCOCCC(=O)N[C@H](C(=O)N1C[C@H](O)C[C@H]1C(=O)NCc1ccc(-c2scnc2C)cc1)C(C)(C)C. The number of nitrogens with zero attached hydrogens (tertiary/aromatic N) is 2. The highest BCUT2D eigenvalue weighted by molar-refractivity contribution is 7.13. The van der Waals surface area contributed by atoms with E-state index in [2.05, 4.69) is 21.5 Å². The van der Waals surface area contributed by atoms with Crippen LogP contribution in [0.2, 0.25) is 0 Å². The van der Waals surface area contributed by atoms with Gasteiger partial charge in [0.25, 0.3) is 0 Å². The van der Waals surface area contributed by atoms with Gasteiger partial charge in [0.05, 0.1) is 68.4 Å². The van der Waals surface area contributed by atoms with Crippen molar-refractivity contribution in [2.75, 3.05) is 59.4 Å². The van der Waals surface area contributed by atoms with Gasteiger partial charge in [0, 0.05) is 25.9 Å². The third-order valence-electron chi connectivity index (χ3n) is 7.49. The number of amides is 3. The van der Waals surface area contributed by atoms with Crippen molar-refractivity contribution >= 4 is 29.1 Å². The number of benzene rings is 1. The van der Waals surface area contributed by atoms with Gasteiger partial charge in [0.1, 0.15) is 18.7 Å². The summed E-state index contributed by atoms with van der Waals surface area (Å²) in [5, 5.41) is 16.2. The van der Waals surface area contributed by atoms with Crippen molar-refractivity contribution < 1.29 is 38.4 Å².